The number of aryl methyl sites for hydroxylation is 1. The molecule has 37 heavy (non-hydrogen) atoms. The SMILES string of the molecule is Cn1ccnc1COc1cc(Oc2ccc(S(C)(=O)=O)cc2)cc2cc(C3=NCC(CC(N)=O)S3)[nH]c12. The van der Waals surface area contributed by atoms with E-state index in [0.29, 0.717) is 23.8 Å². The first-order valence-electron chi connectivity index (χ1n) is 11.4. The zero-order chi connectivity index (χ0) is 26.2. The topological polar surface area (TPSA) is 142 Å². The molecular formula is C25H25N5O5S2. The van der Waals surface area contributed by atoms with Crippen LogP contribution in [0.1, 0.15) is 17.9 Å². The molecule has 0 saturated heterocycles. The molecule has 192 valence electrons. The number of sulfone groups is 1. The summed E-state index contributed by atoms with van der Waals surface area (Å²) in [6, 6.07) is 11.8. The Morgan fingerprint density at radius 3 is 2.68 bits per heavy atom. The van der Waals surface area contributed by atoms with Crippen LogP contribution >= 0.6 is 11.8 Å². The molecule has 0 radical (unpaired) electrons. The molecule has 0 fully saturated rings. The fourth-order valence-corrected chi connectivity index (χ4v) is 5.67. The van der Waals surface area contributed by atoms with Crippen LogP contribution in [0.15, 0.2) is 64.7 Å². The number of aliphatic imine (C=N–C) groups is 1. The van der Waals surface area contributed by atoms with E-state index >= 15 is 0 Å². The number of carbonyl (C=O) groups is 1. The molecule has 5 rings (SSSR count). The quantitative estimate of drug-likeness (QED) is 0.332. The number of thioether (sulfide) groups is 1. The Labute approximate surface area is 217 Å². The highest BCUT2D eigenvalue weighted by molar-refractivity contribution is 8.15. The molecule has 3 heterocycles. The van der Waals surface area contributed by atoms with Crippen molar-refractivity contribution in [2.45, 2.75) is 23.2 Å². The van der Waals surface area contributed by atoms with E-state index in [-0.39, 0.29) is 29.1 Å². The van der Waals surface area contributed by atoms with Crippen LogP contribution in [-0.2, 0) is 28.3 Å². The Hall–Kier alpha value is -3.77. The summed E-state index contributed by atoms with van der Waals surface area (Å²) in [5.41, 5.74) is 6.93. The van der Waals surface area contributed by atoms with E-state index in [2.05, 4.69) is 15.0 Å². The van der Waals surface area contributed by atoms with Crippen LogP contribution in [0.3, 0.4) is 0 Å². The number of primary amides is 1. The van der Waals surface area contributed by atoms with Crippen LogP contribution in [0, 0.1) is 0 Å². The number of aromatic nitrogens is 3. The van der Waals surface area contributed by atoms with Gasteiger partial charge in [0.15, 0.2) is 9.84 Å². The molecule has 1 amide bonds. The molecule has 1 aliphatic rings. The van der Waals surface area contributed by atoms with E-state index in [1.165, 1.54) is 23.9 Å². The van der Waals surface area contributed by atoms with Crippen molar-refractivity contribution in [1.82, 2.24) is 14.5 Å². The van der Waals surface area contributed by atoms with Gasteiger partial charge in [-0.15, -0.1) is 0 Å². The maximum absolute atomic E-state index is 11.8. The number of hydrogen-bond acceptors (Lipinski definition) is 8. The minimum absolute atomic E-state index is 0.0202. The fourth-order valence-electron chi connectivity index (χ4n) is 3.94. The van der Waals surface area contributed by atoms with Crippen molar-refractivity contribution in [3.05, 3.63) is 66.4 Å². The Kier molecular flexibility index (Phi) is 6.69. The average molecular weight is 540 g/mol. The number of ether oxygens (including phenoxy) is 2. The van der Waals surface area contributed by atoms with E-state index in [1.807, 2.05) is 29.9 Å². The number of imidazole rings is 1. The van der Waals surface area contributed by atoms with Crippen LogP contribution in [0.25, 0.3) is 10.9 Å². The van der Waals surface area contributed by atoms with Crippen LogP contribution < -0.4 is 15.2 Å². The van der Waals surface area contributed by atoms with E-state index in [1.54, 1.807) is 24.4 Å². The fraction of sp³-hybridized carbons (Fsp3) is 0.240. The number of fused-ring (bicyclic) bond motifs is 1. The molecule has 3 N–H and O–H groups in total. The van der Waals surface area contributed by atoms with Gasteiger partial charge in [-0.1, -0.05) is 11.8 Å². The molecule has 1 unspecified atom stereocenters. The van der Waals surface area contributed by atoms with E-state index < -0.39 is 9.84 Å². The normalized spacial score (nSPS) is 15.6. The maximum Gasteiger partial charge on any atom is 0.218 e. The molecule has 10 nitrogen and oxygen atoms in total. The van der Waals surface area contributed by atoms with E-state index in [4.69, 9.17) is 15.2 Å². The lowest BCUT2D eigenvalue weighted by Gasteiger charge is -2.11. The summed E-state index contributed by atoms with van der Waals surface area (Å²) < 4.78 is 37.6. The second-order valence-electron chi connectivity index (χ2n) is 8.71. The van der Waals surface area contributed by atoms with Gasteiger partial charge in [-0.2, -0.15) is 0 Å². The standard InChI is InChI=1S/C25H25N5O5S2/c1-30-8-7-27-23(30)14-34-21-11-17(35-16-3-5-19(6-4-16)37(2,32)33)9-15-10-20(29-24(15)21)25-28-13-18(36-25)12-22(26)31/h3-11,18,29H,12-14H2,1-2H3,(H2,26,31). The second-order valence-corrected chi connectivity index (χ2v) is 12.0. The third-order valence-electron chi connectivity index (χ3n) is 5.81. The molecule has 2 aromatic heterocycles. The summed E-state index contributed by atoms with van der Waals surface area (Å²) >= 11 is 1.52. The molecular weight excluding hydrogens is 514 g/mol. The lowest BCUT2D eigenvalue weighted by atomic mass is 10.2. The van der Waals surface area contributed by atoms with Crippen molar-refractivity contribution in [2.24, 2.45) is 17.8 Å². The van der Waals surface area contributed by atoms with Gasteiger partial charge < -0.3 is 24.8 Å². The number of nitrogens with two attached hydrogens (primary N) is 1. The summed E-state index contributed by atoms with van der Waals surface area (Å²) in [5.74, 6) is 1.98. The number of amides is 1. The molecule has 2 aromatic carbocycles. The molecule has 0 aliphatic carbocycles. The lowest BCUT2D eigenvalue weighted by Crippen LogP contribution is -2.18. The number of H-pyrrole nitrogens is 1. The Balaban J connectivity index is 1.46. The number of benzene rings is 2. The molecule has 1 atom stereocenters. The highest BCUT2D eigenvalue weighted by Gasteiger charge is 2.24. The Bertz CT molecular complexity index is 1610. The van der Waals surface area contributed by atoms with E-state index in [0.717, 1.165) is 33.7 Å². The minimum Gasteiger partial charge on any atom is -0.483 e. The first-order chi connectivity index (χ1) is 17.7. The average Bonchev–Trinajstić information content (AvgIpc) is 3.57. The van der Waals surface area contributed by atoms with Gasteiger partial charge in [-0.3, -0.25) is 9.79 Å². The number of carbonyl (C=O) groups excluding carboxylic acids is 1. The summed E-state index contributed by atoms with van der Waals surface area (Å²) in [5, 5.41) is 1.67. The van der Waals surface area contributed by atoms with Crippen LogP contribution in [-0.4, -0.2) is 52.0 Å². The molecule has 0 spiro atoms. The number of hydrogen-bond donors (Lipinski definition) is 2. The van der Waals surface area contributed by atoms with Crippen molar-refractivity contribution < 1.29 is 22.7 Å². The van der Waals surface area contributed by atoms with Gasteiger partial charge in [-0.25, -0.2) is 13.4 Å². The van der Waals surface area contributed by atoms with Gasteiger partial charge in [0.25, 0.3) is 0 Å². The van der Waals surface area contributed by atoms with Crippen molar-refractivity contribution >= 4 is 43.5 Å². The zero-order valence-corrected chi connectivity index (χ0v) is 21.8. The smallest absolute Gasteiger partial charge is 0.218 e. The van der Waals surface area contributed by atoms with Crippen molar-refractivity contribution in [2.75, 3.05) is 12.8 Å². The molecule has 1 aliphatic heterocycles. The van der Waals surface area contributed by atoms with Gasteiger partial charge in [0, 0.05) is 48.8 Å². The lowest BCUT2D eigenvalue weighted by molar-refractivity contribution is -0.117. The van der Waals surface area contributed by atoms with Gasteiger partial charge in [0.05, 0.1) is 22.7 Å². The summed E-state index contributed by atoms with van der Waals surface area (Å²) in [4.78, 5) is 23.8. The number of nitrogens with one attached hydrogen (secondary N) is 1. The van der Waals surface area contributed by atoms with E-state index in [9.17, 15) is 13.2 Å². The summed E-state index contributed by atoms with van der Waals surface area (Å²) in [6.45, 7) is 0.772. The molecule has 12 heteroatoms. The highest BCUT2D eigenvalue weighted by Crippen LogP contribution is 2.36. The third kappa shape index (κ3) is 5.65. The molecule has 4 aromatic rings. The van der Waals surface area contributed by atoms with Gasteiger partial charge in [0.2, 0.25) is 5.91 Å². The first-order valence-corrected chi connectivity index (χ1v) is 14.2. The molecule has 0 saturated carbocycles. The molecule has 0 bridgehead atoms. The van der Waals surface area contributed by atoms with Crippen molar-refractivity contribution in [3.8, 4) is 17.2 Å². The van der Waals surface area contributed by atoms with Crippen LogP contribution in [0.2, 0.25) is 0 Å². The summed E-state index contributed by atoms with van der Waals surface area (Å²) in [6.07, 6.45) is 4.98. The monoisotopic (exact) mass is 539 g/mol. The van der Waals surface area contributed by atoms with Crippen LogP contribution in [0.4, 0.5) is 0 Å². The van der Waals surface area contributed by atoms with Gasteiger partial charge >= 0.3 is 0 Å². The third-order valence-corrected chi connectivity index (χ3v) is 8.16. The Morgan fingerprint density at radius 2 is 2.00 bits per heavy atom. The van der Waals surface area contributed by atoms with Gasteiger partial charge in [0.1, 0.15) is 34.7 Å². The maximum atomic E-state index is 11.8. The largest absolute Gasteiger partial charge is 0.483 e. The second kappa shape index (κ2) is 9.94. The van der Waals surface area contributed by atoms with Crippen molar-refractivity contribution in [1.29, 1.82) is 0 Å². The summed E-state index contributed by atoms with van der Waals surface area (Å²) in [7, 11) is -1.41. The predicted molar refractivity (Wildman–Crippen MR) is 142 cm³/mol. The van der Waals surface area contributed by atoms with Crippen molar-refractivity contribution in [3.63, 3.8) is 0 Å². The Morgan fingerprint density at radius 1 is 1.22 bits per heavy atom. The minimum atomic E-state index is -3.30. The number of aromatic amines is 1. The number of nitrogens with zero attached hydrogens (tertiary/aromatic N) is 3. The predicted octanol–water partition coefficient (Wildman–Crippen LogP) is 3.41. The number of rotatable bonds is 9. The van der Waals surface area contributed by atoms with Crippen LogP contribution in [0.5, 0.6) is 17.2 Å². The zero-order valence-electron chi connectivity index (χ0n) is 20.2. The van der Waals surface area contributed by atoms with Gasteiger partial charge in [-0.05, 0) is 36.4 Å². The highest BCUT2D eigenvalue weighted by atomic mass is 32.2. The first kappa shape index (κ1) is 24.9.